The second kappa shape index (κ2) is 7.84. The Morgan fingerprint density at radius 3 is 2.38 bits per heavy atom. The lowest BCUT2D eigenvalue weighted by Gasteiger charge is -2.20. The Bertz CT molecular complexity index is 575. The summed E-state index contributed by atoms with van der Waals surface area (Å²) in [5, 5.41) is 4.96. The Kier molecular flexibility index (Phi) is 6.10. The minimum Gasteiger partial charge on any atom is -0.310 e. The third-order valence-corrected chi connectivity index (χ3v) is 3.89. The summed E-state index contributed by atoms with van der Waals surface area (Å²) < 4.78 is 0. The highest BCUT2D eigenvalue weighted by Gasteiger charge is 2.13. The van der Waals surface area contributed by atoms with Crippen LogP contribution in [0.2, 0.25) is 10.0 Å². The fourth-order valence-corrected chi connectivity index (χ4v) is 3.02. The van der Waals surface area contributed by atoms with Crippen LogP contribution >= 0.6 is 23.2 Å². The van der Waals surface area contributed by atoms with Crippen LogP contribution in [0.3, 0.4) is 0 Å². The van der Waals surface area contributed by atoms with Crippen LogP contribution in [0, 0.1) is 6.92 Å². The number of benzene rings is 2. The van der Waals surface area contributed by atoms with Crippen LogP contribution in [0.5, 0.6) is 0 Å². The van der Waals surface area contributed by atoms with Gasteiger partial charge in [-0.2, -0.15) is 0 Å². The van der Waals surface area contributed by atoms with Gasteiger partial charge < -0.3 is 5.32 Å². The van der Waals surface area contributed by atoms with E-state index < -0.39 is 0 Å². The van der Waals surface area contributed by atoms with E-state index in [0.717, 1.165) is 24.9 Å². The molecular weight excluding hydrogens is 301 g/mol. The molecular formula is C18H21Cl2N. The molecule has 112 valence electrons. The van der Waals surface area contributed by atoms with E-state index in [4.69, 9.17) is 23.2 Å². The molecule has 0 fully saturated rings. The molecule has 1 unspecified atom stereocenters. The first kappa shape index (κ1) is 16.4. The van der Waals surface area contributed by atoms with E-state index in [0.29, 0.717) is 10.0 Å². The van der Waals surface area contributed by atoms with E-state index in [2.05, 4.69) is 43.4 Å². The lowest BCUT2D eigenvalue weighted by atomic mass is 9.97. The van der Waals surface area contributed by atoms with Crippen molar-refractivity contribution >= 4 is 23.2 Å². The van der Waals surface area contributed by atoms with Gasteiger partial charge in [-0.1, -0.05) is 60.0 Å². The summed E-state index contributed by atoms with van der Waals surface area (Å²) in [4.78, 5) is 0. The minimum atomic E-state index is 0.225. The molecule has 1 atom stereocenters. The molecule has 0 spiro atoms. The predicted molar refractivity (Wildman–Crippen MR) is 92.4 cm³/mol. The molecule has 0 aliphatic carbocycles. The molecule has 0 saturated carbocycles. The van der Waals surface area contributed by atoms with E-state index in [1.807, 2.05) is 12.1 Å². The molecule has 2 rings (SSSR count). The number of aryl methyl sites for hydroxylation is 1. The monoisotopic (exact) mass is 321 g/mol. The number of hydrogen-bond acceptors (Lipinski definition) is 1. The van der Waals surface area contributed by atoms with Crippen molar-refractivity contribution in [2.75, 3.05) is 6.54 Å². The molecule has 0 bridgehead atoms. The van der Waals surface area contributed by atoms with Crippen LogP contribution in [0.1, 0.15) is 36.1 Å². The van der Waals surface area contributed by atoms with Crippen LogP contribution in [-0.4, -0.2) is 6.54 Å². The number of rotatable bonds is 6. The van der Waals surface area contributed by atoms with Crippen LogP contribution < -0.4 is 5.32 Å². The third kappa shape index (κ3) is 5.03. The van der Waals surface area contributed by atoms with Crippen LogP contribution in [0.4, 0.5) is 0 Å². The highest BCUT2D eigenvalue weighted by Crippen LogP contribution is 2.26. The van der Waals surface area contributed by atoms with Gasteiger partial charge in [0.15, 0.2) is 0 Å². The van der Waals surface area contributed by atoms with Gasteiger partial charge in [-0.05, 0) is 55.6 Å². The molecule has 0 amide bonds. The van der Waals surface area contributed by atoms with E-state index in [-0.39, 0.29) is 6.04 Å². The second-order valence-electron chi connectivity index (χ2n) is 5.40. The average Bonchev–Trinajstić information content (AvgIpc) is 2.42. The first-order valence-electron chi connectivity index (χ1n) is 7.33. The summed E-state index contributed by atoms with van der Waals surface area (Å²) in [5.41, 5.74) is 3.74. The molecule has 1 nitrogen and oxygen atoms in total. The molecule has 0 radical (unpaired) electrons. The maximum absolute atomic E-state index is 6.14. The van der Waals surface area contributed by atoms with Crippen LogP contribution in [-0.2, 0) is 6.42 Å². The summed E-state index contributed by atoms with van der Waals surface area (Å²) in [6.07, 6.45) is 2.02. The summed E-state index contributed by atoms with van der Waals surface area (Å²) in [7, 11) is 0. The average molecular weight is 322 g/mol. The second-order valence-corrected chi connectivity index (χ2v) is 6.28. The van der Waals surface area contributed by atoms with Gasteiger partial charge in [-0.15, -0.1) is 0 Å². The van der Waals surface area contributed by atoms with Gasteiger partial charge in [0, 0.05) is 16.1 Å². The van der Waals surface area contributed by atoms with E-state index in [1.165, 1.54) is 11.1 Å². The molecule has 0 heterocycles. The molecule has 2 aromatic rings. The number of halogens is 2. The largest absolute Gasteiger partial charge is 0.310 e. The van der Waals surface area contributed by atoms with Gasteiger partial charge in [-0.25, -0.2) is 0 Å². The smallest absolute Gasteiger partial charge is 0.0424 e. The fraction of sp³-hybridized carbons (Fsp3) is 0.333. The minimum absolute atomic E-state index is 0.225. The Morgan fingerprint density at radius 1 is 1.05 bits per heavy atom. The summed E-state index contributed by atoms with van der Waals surface area (Å²) in [6.45, 7) is 5.26. The van der Waals surface area contributed by atoms with Gasteiger partial charge in [0.2, 0.25) is 0 Å². The standard InChI is InChI=1S/C18H21Cl2N/c1-3-7-21-18(9-14-6-4-5-13(2)8-14)15-10-16(19)12-17(20)11-15/h4-6,8,10-12,18,21H,3,7,9H2,1-2H3. The SMILES string of the molecule is CCCNC(Cc1cccc(C)c1)c1cc(Cl)cc(Cl)c1. The van der Waals surface area contributed by atoms with E-state index in [1.54, 1.807) is 6.07 Å². The normalized spacial score (nSPS) is 12.4. The molecule has 1 N–H and O–H groups in total. The van der Waals surface area contributed by atoms with Crippen molar-refractivity contribution in [1.29, 1.82) is 0 Å². The topological polar surface area (TPSA) is 12.0 Å². The van der Waals surface area contributed by atoms with Gasteiger partial charge >= 0.3 is 0 Å². The lowest BCUT2D eigenvalue weighted by Crippen LogP contribution is -2.24. The number of nitrogens with one attached hydrogen (secondary N) is 1. The molecule has 2 aromatic carbocycles. The Balaban J connectivity index is 2.25. The maximum Gasteiger partial charge on any atom is 0.0424 e. The highest BCUT2D eigenvalue weighted by atomic mass is 35.5. The molecule has 21 heavy (non-hydrogen) atoms. The Labute approximate surface area is 137 Å². The quantitative estimate of drug-likeness (QED) is 0.731. The van der Waals surface area contributed by atoms with Crippen molar-refractivity contribution < 1.29 is 0 Å². The van der Waals surface area contributed by atoms with Crippen molar-refractivity contribution in [1.82, 2.24) is 5.32 Å². The van der Waals surface area contributed by atoms with Crippen molar-refractivity contribution in [2.24, 2.45) is 0 Å². The van der Waals surface area contributed by atoms with Crippen molar-refractivity contribution in [3.63, 3.8) is 0 Å². The Morgan fingerprint density at radius 2 is 1.76 bits per heavy atom. The third-order valence-electron chi connectivity index (χ3n) is 3.45. The number of hydrogen-bond donors (Lipinski definition) is 1. The molecule has 0 saturated heterocycles. The van der Waals surface area contributed by atoms with Gasteiger partial charge in [0.1, 0.15) is 0 Å². The first-order valence-corrected chi connectivity index (χ1v) is 8.09. The highest BCUT2D eigenvalue weighted by molar-refractivity contribution is 6.34. The fourth-order valence-electron chi connectivity index (χ4n) is 2.48. The first-order chi connectivity index (χ1) is 10.1. The predicted octanol–water partition coefficient (Wildman–Crippen LogP) is 5.59. The van der Waals surface area contributed by atoms with E-state index in [9.17, 15) is 0 Å². The Hall–Kier alpha value is -1.02. The maximum atomic E-state index is 6.14. The van der Waals surface area contributed by atoms with Crippen molar-refractivity contribution in [3.8, 4) is 0 Å². The zero-order valence-corrected chi connectivity index (χ0v) is 14.0. The van der Waals surface area contributed by atoms with Crippen LogP contribution in [0.15, 0.2) is 42.5 Å². The van der Waals surface area contributed by atoms with Crippen LogP contribution in [0.25, 0.3) is 0 Å². The molecule has 3 heteroatoms. The van der Waals surface area contributed by atoms with E-state index >= 15 is 0 Å². The summed E-state index contributed by atoms with van der Waals surface area (Å²) in [6, 6.07) is 14.6. The van der Waals surface area contributed by atoms with Crippen molar-refractivity contribution in [3.05, 3.63) is 69.2 Å². The van der Waals surface area contributed by atoms with Gasteiger partial charge in [0.25, 0.3) is 0 Å². The van der Waals surface area contributed by atoms with Gasteiger partial charge in [-0.3, -0.25) is 0 Å². The lowest BCUT2D eigenvalue weighted by molar-refractivity contribution is 0.529. The van der Waals surface area contributed by atoms with Crippen molar-refractivity contribution in [2.45, 2.75) is 32.7 Å². The zero-order chi connectivity index (χ0) is 15.2. The molecule has 0 aliphatic rings. The molecule has 0 aromatic heterocycles. The van der Waals surface area contributed by atoms with Gasteiger partial charge in [0.05, 0.1) is 0 Å². The summed E-state index contributed by atoms with van der Waals surface area (Å²) >= 11 is 12.3. The zero-order valence-electron chi connectivity index (χ0n) is 12.5. The molecule has 0 aliphatic heterocycles. The summed E-state index contributed by atoms with van der Waals surface area (Å²) in [5.74, 6) is 0.